The molecule has 0 aliphatic carbocycles. The minimum atomic E-state index is -1.97. The maximum atomic E-state index is 13.3. The summed E-state index contributed by atoms with van der Waals surface area (Å²) in [6, 6.07) is 13.6. The summed E-state index contributed by atoms with van der Waals surface area (Å²) >= 11 is 0. The molecule has 0 spiro atoms. The molecule has 0 saturated heterocycles. The lowest BCUT2D eigenvalue weighted by molar-refractivity contribution is -0.163. The van der Waals surface area contributed by atoms with Crippen LogP contribution >= 0.6 is 0 Å². The predicted molar refractivity (Wildman–Crippen MR) is 150 cm³/mol. The van der Waals surface area contributed by atoms with Crippen LogP contribution in [-0.2, 0) is 14.3 Å². The number of esters is 1. The molecule has 10 nitrogen and oxygen atoms in total. The number of nitrogens with zero attached hydrogens (tertiary/aromatic N) is 2. The number of benzene rings is 1. The van der Waals surface area contributed by atoms with E-state index in [9.17, 15) is 19.6 Å². The van der Waals surface area contributed by atoms with Gasteiger partial charge >= 0.3 is 5.97 Å². The summed E-state index contributed by atoms with van der Waals surface area (Å²) in [6.07, 6.45) is 3.35. The number of primary amides is 1. The highest BCUT2D eigenvalue weighted by molar-refractivity contribution is 6.09. The molecule has 3 aromatic rings. The molecule has 0 radical (unpaired) electrons. The van der Waals surface area contributed by atoms with Crippen LogP contribution in [0.5, 0.6) is 0 Å². The normalized spacial score (nSPS) is 12.5. The number of carbonyl (C=O) groups is 3. The van der Waals surface area contributed by atoms with Gasteiger partial charge in [-0.15, -0.1) is 0 Å². The molecule has 1 aromatic carbocycles. The lowest BCUT2D eigenvalue weighted by Gasteiger charge is -2.34. The van der Waals surface area contributed by atoms with Crippen molar-refractivity contribution in [3.63, 3.8) is 0 Å². The molecule has 2 heterocycles. The molecule has 0 aliphatic rings. The molecule has 0 unspecified atom stereocenters. The van der Waals surface area contributed by atoms with Gasteiger partial charge < -0.3 is 15.8 Å². The van der Waals surface area contributed by atoms with E-state index in [-0.39, 0.29) is 23.7 Å². The third-order valence-electron chi connectivity index (χ3n) is 5.61. The van der Waals surface area contributed by atoms with E-state index < -0.39 is 28.9 Å². The van der Waals surface area contributed by atoms with Crippen molar-refractivity contribution >= 4 is 23.6 Å². The van der Waals surface area contributed by atoms with Crippen LogP contribution in [0.15, 0.2) is 60.9 Å². The molecule has 40 heavy (non-hydrogen) atoms. The van der Waals surface area contributed by atoms with Crippen molar-refractivity contribution in [1.82, 2.24) is 15.4 Å². The van der Waals surface area contributed by atoms with Crippen LogP contribution in [0.1, 0.15) is 62.5 Å². The highest BCUT2D eigenvalue weighted by atomic mass is 16.6. The number of nitrogens with two attached hydrogens (primary N) is 1. The summed E-state index contributed by atoms with van der Waals surface area (Å²) in [5.74, 6) is 3.34. The van der Waals surface area contributed by atoms with Gasteiger partial charge in [0.25, 0.3) is 11.8 Å². The van der Waals surface area contributed by atoms with E-state index in [1.807, 2.05) is 19.9 Å². The van der Waals surface area contributed by atoms with Crippen molar-refractivity contribution in [2.45, 2.75) is 52.2 Å². The van der Waals surface area contributed by atoms with Gasteiger partial charge in [-0.2, -0.15) is 0 Å². The zero-order valence-corrected chi connectivity index (χ0v) is 23.1. The molecule has 0 bridgehead atoms. The Morgan fingerprint density at radius 1 is 1.05 bits per heavy atom. The first kappa shape index (κ1) is 29.8. The van der Waals surface area contributed by atoms with Gasteiger partial charge in [0.2, 0.25) is 5.54 Å². The van der Waals surface area contributed by atoms with E-state index in [4.69, 9.17) is 10.5 Å². The minimum absolute atomic E-state index is 0.00891. The SMILES string of the molecule is CC(C)C[C@](Nc1cc(C(=O)NO)cc(-c2ccc(C#Cc3cccnc3)cc2)n1)(C(N)=O)C(=O)OC(C)(C)C. The second-order valence-electron chi connectivity index (χ2n) is 10.6. The number of aromatic nitrogens is 2. The molecule has 5 N–H and O–H groups in total. The summed E-state index contributed by atoms with van der Waals surface area (Å²) in [5.41, 5.74) is 7.02. The Kier molecular flexibility index (Phi) is 9.24. The zero-order chi connectivity index (χ0) is 29.5. The zero-order valence-electron chi connectivity index (χ0n) is 23.1. The van der Waals surface area contributed by atoms with E-state index >= 15 is 0 Å². The van der Waals surface area contributed by atoms with Crippen LogP contribution in [0.25, 0.3) is 11.3 Å². The maximum absolute atomic E-state index is 13.3. The smallest absolute Gasteiger partial charge is 0.342 e. The van der Waals surface area contributed by atoms with Crippen molar-refractivity contribution in [2.75, 3.05) is 5.32 Å². The van der Waals surface area contributed by atoms with E-state index in [1.165, 1.54) is 12.1 Å². The summed E-state index contributed by atoms with van der Waals surface area (Å²) in [7, 11) is 0. The van der Waals surface area contributed by atoms with Crippen molar-refractivity contribution < 1.29 is 24.3 Å². The Morgan fingerprint density at radius 3 is 2.27 bits per heavy atom. The highest BCUT2D eigenvalue weighted by Gasteiger charge is 2.48. The van der Waals surface area contributed by atoms with Crippen LogP contribution in [0.4, 0.5) is 5.82 Å². The summed E-state index contributed by atoms with van der Waals surface area (Å²) < 4.78 is 5.55. The van der Waals surface area contributed by atoms with Crippen molar-refractivity contribution in [1.29, 1.82) is 0 Å². The summed E-state index contributed by atoms with van der Waals surface area (Å²) in [4.78, 5) is 47.2. The fourth-order valence-corrected chi connectivity index (χ4v) is 3.89. The van der Waals surface area contributed by atoms with Gasteiger partial charge in [0.1, 0.15) is 11.4 Å². The molecular formula is C30H33N5O5. The fourth-order valence-electron chi connectivity index (χ4n) is 3.89. The average molecular weight is 544 g/mol. The quantitative estimate of drug-likeness (QED) is 0.110. The summed E-state index contributed by atoms with van der Waals surface area (Å²) in [5, 5.41) is 12.2. The van der Waals surface area contributed by atoms with E-state index in [1.54, 1.807) is 69.0 Å². The first-order valence-electron chi connectivity index (χ1n) is 12.6. The number of ether oxygens (including phenoxy) is 1. The number of hydrogen-bond acceptors (Lipinski definition) is 8. The second-order valence-corrected chi connectivity index (χ2v) is 10.6. The second kappa shape index (κ2) is 12.4. The van der Waals surface area contributed by atoms with Gasteiger partial charge in [0, 0.05) is 34.6 Å². The van der Waals surface area contributed by atoms with Crippen molar-refractivity contribution in [3.05, 3.63) is 77.6 Å². The van der Waals surface area contributed by atoms with Crippen LogP contribution in [0.2, 0.25) is 0 Å². The van der Waals surface area contributed by atoms with E-state index in [0.29, 0.717) is 11.3 Å². The third-order valence-corrected chi connectivity index (χ3v) is 5.61. The molecule has 208 valence electrons. The largest absolute Gasteiger partial charge is 0.458 e. The van der Waals surface area contributed by atoms with E-state index in [2.05, 4.69) is 27.1 Å². The van der Waals surface area contributed by atoms with Gasteiger partial charge in [-0.1, -0.05) is 37.8 Å². The van der Waals surface area contributed by atoms with Crippen LogP contribution in [0.3, 0.4) is 0 Å². The van der Waals surface area contributed by atoms with Crippen LogP contribution in [0, 0.1) is 17.8 Å². The number of amides is 2. The van der Waals surface area contributed by atoms with E-state index in [0.717, 1.165) is 11.1 Å². The topological polar surface area (TPSA) is 157 Å². The van der Waals surface area contributed by atoms with Crippen molar-refractivity contribution in [3.8, 4) is 23.1 Å². The molecule has 1 atom stereocenters. The monoisotopic (exact) mass is 543 g/mol. The van der Waals surface area contributed by atoms with Gasteiger partial charge in [0.05, 0.1) is 5.69 Å². The molecule has 3 rings (SSSR count). The highest BCUT2D eigenvalue weighted by Crippen LogP contribution is 2.29. The number of hydrogen-bond donors (Lipinski definition) is 4. The molecule has 0 saturated carbocycles. The molecule has 0 aliphatic heterocycles. The molecule has 0 fully saturated rings. The predicted octanol–water partition coefficient (Wildman–Crippen LogP) is 3.69. The molecule has 2 amide bonds. The third kappa shape index (κ3) is 7.65. The number of hydroxylamine groups is 1. The number of anilines is 1. The standard InChI is InChI=1S/C30H33N5O5/c1-19(2)17-30(27(31)37,28(38)40-29(3,4)5)34-25-16-23(26(36)35-39)15-24(33-25)22-12-10-20(11-13-22)8-9-21-7-6-14-32-18-21/h6-7,10-16,18-19,39H,17H2,1-5H3,(H2,31,37)(H,33,34)(H,35,36)/t30-/m0/s1. The molecule has 2 aromatic heterocycles. The number of pyridine rings is 2. The maximum Gasteiger partial charge on any atom is 0.342 e. The van der Waals surface area contributed by atoms with Gasteiger partial charge in [-0.25, -0.2) is 15.3 Å². The first-order chi connectivity index (χ1) is 18.8. The Morgan fingerprint density at radius 2 is 1.73 bits per heavy atom. The van der Waals surface area contributed by atoms with Crippen LogP contribution in [-0.4, -0.2) is 44.1 Å². The Balaban J connectivity index is 2.05. The number of nitrogens with one attached hydrogen (secondary N) is 2. The van der Waals surface area contributed by atoms with Gasteiger partial charge in [-0.05, 0) is 69.5 Å². The van der Waals surface area contributed by atoms with Gasteiger partial charge in [0.15, 0.2) is 0 Å². The van der Waals surface area contributed by atoms with Gasteiger partial charge in [-0.3, -0.25) is 19.8 Å². The van der Waals surface area contributed by atoms with Crippen molar-refractivity contribution in [2.24, 2.45) is 11.7 Å². The average Bonchev–Trinajstić information content (AvgIpc) is 2.90. The number of rotatable bonds is 8. The fraction of sp³-hybridized carbons (Fsp3) is 0.300. The first-order valence-corrected chi connectivity index (χ1v) is 12.6. The summed E-state index contributed by atoms with van der Waals surface area (Å²) in [6.45, 7) is 8.70. The van der Waals surface area contributed by atoms with Crippen LogP contribution < -0.4 is 16.5 Å². The molecular weight excluding hydrogens is 510 g/mol. The number of carbonyl (C=O) groups excluding carboxylic acids is 3. The Labute approximate surface area is 233 Å². The minimum Gasteiger partial charge on any atom is -0.458 e. The Hall–Kier alpha value is -4.75. The Bertz CT molecular complexity index is 1440. The molecule has 10 heteroatoms. The lowest BCUT2D eigenvalue weighted by atomic mass is 9.87. The lowest BCUT2D eigenvalue weighted by Crippen LogP contribution is -2.59.